The van der Waals surface area contributed by atoms with Crippen LogP contribution in [0.15, 0.2) is 12.4 Å². The molecule has 0 bridgehead atoms. The molecule has 0 saturated heterocycles. The minimum atomic E-state index is -2.63. The number of rotatable bonds is 1. The van der Waals surface area contributed by atoms with Crippen LogP contribution in [0.3, 0.4) is 0 Å². The fraction of sp³-hybridized carbons (Fsp3) is 0. The molecule has 0 aliphatic rings. The van der Waals surface area contributed by atoms with Crippen LogP contribution in [0.2, 0.25) is 5.02 Å². The van der Waals surface area contributed by atoms with E-state index in [0.717, 1.165) is 12.4 Å². The van der Waals surface area contributed by atoms with Crippen molar-refractivity contribution in [3.63, 3.8) is 0 Å². The molecule has 0 N–H and O–H groups in total. The largest absolute Gasteiger partial charge is 1.00 e. The van der Waals surface area contributed by atoms with Crippen LogP contribution in [-0.2, 0) is 0 Å². The Labute approximate surface area is 115 Å². The quantitative estimate of drug-likeness (QED) is 0.442. The Morgan fingerprint density at radius 3 is 2.00 bits per heavy atom. The average molecular weight is 220 g/mol. The van der Waals surface area contributed by atoms with E-state index in [-0.39, 0.29) is 61.1 Å². The monoisotopic (exact) mass is 220 g/mol. The van der Waals surface area contributed by atoms with Crippen molar-refractivity contribution in [2.75, 3.05) is 0 Å². The Hall–Kier alpha value is 0.861. The van der Waals surface area contributed by atoms with Crippen LogP contribution in [0.1, 0.15) is 0 Å². The summed E-state index contributed by atoms with van der Waals surface area (Å²) in [6, 6.07) is 0. The molecule has 2 nitrogen and oxygen atoms in total. The Kier molecular flexibility index (Phi) is 9.31. The van der Waals surface area contributed by atoms with E-state index in [2.05, 4.69) is 9.97 Å². The zero-order valence-corrected chi connectivity index (χ0v) is 10.0. The van der Waals surface area contributed by atoms with Gasteiger partial charge >= 0.3 is 58.7 Å². The van der Waals surface area contributed by atoms with E-state index in [4.69, 9.17) is 11.6 Å². The van der Waals surface area contributed by atoms with Gasteiger partial charge in [0.1, 0.15) is 0 Å². The second-order valence-corrected chi connectivity index (χ2v) is 2.00. The van der Waals surface area contributed by atoms with Crippen LogP contribution in [0.4, 0.5) is 8.63 Å². The van der Waals surface area contributed by atoms with Crippen LogP contribution in [0, 0.1) is 0 Å². The van der Waals surface area contributed by atoms with E-state index in [0.29, 0.717) is 0 Å². The van der Waals surface area contributed by atoms with Crippen LogP contribution >= 0.6 is 11.6 Å². The van der Waals surface area contributed by atoms with Crippen molar-refractivity contribution in [2.45, 2.75) is 0 Å². The fourth-order valence-electron chi connectivity index (χ4n) is 0.435. The van der Waals surface area contributed by atoms with Crippen molar-refractivity contribution in [2.24, 2.45) is 0 Å². The molecule has 0 unspecified atom stereocenters. The first-order valence-corrected chi connectivity index (χ1v) is 2.83. The maximum Gasteiger partial charge on any atom is 1.00 e. The van der Waals surface area contributed by atoms with E-state index in [9.17, 15) is 8.63 Å². The van der Waals surface area contributed by atoms with Crippen molar-refractivity contribution >= 4 is 24.6 Å². The molecule has 1 aromatic rings. The molecule has 0 spiro atoms. The summed E-state index contributed by atoms with van der Waals surface area (Å²) in [7, 11) is -2.63. The fourth-order valence-corrected chi connectivity index (χ4v) is 0.533. The number of halogens is 4. The van der Waals surface area contributed by atoms with Gasteiger partial charge in [-0.1, -0.05) is 11.6 Å². The third kappa shape index (κ3) is 4.78. The van der Waals surface area contributed by atoms with Crippen molar-refractivity contribution in [1.29, 1.82) is 0 Å². The van der Waals surface area contributed by atoms with Crippen LogP contribution in [0.25, 0.3) is 0 Å². The molecule has 1 heterocycles. The number of nitrogens with zero attached hydrogens (tertiary/aromatic N) is 2. The third-order valence-corrected chi connectivity index (χ3v) is 1.03. The first-order chi connectivity index (χ1) is 4.70. The topological polar surface area (TPSA) is 25.8 Å². The van der Waals surface area contributed by atoms with E-state index < -0.39 is 13.0 Å². The number of aromatic nitrogens is 2. The minimum Gasteiger partial charge on any atom is -1.00 e. The molecule has 1 aromatic heterocycles. The standard InChI is InChI=1S/C4H2BClF2N2.FH.K/c6-3-1-9-4(5(7)8)10-2-3;;/h1-2H;1H;/q;;+1/p-1. The summed E-state index contributed by atoms with van der Waals surface area (Å²) in [5, 5.41) is 0.254. The molecule has 0 atom stereocenters. The molecule has 0 fully saturated rings. The van der Waals surface area contributed by atoms with Gasteiger partial charge in [0.05, 0.1) is 5.02 Å². The van der Waals surface area contributed by atoms with Crippen molar-refractivity contribution < 1.29 is 64.7 Å². The maximum atomic E-state index is 11.7. The molecule has 8 heteroatoms. The smallest absolute Gasteiger partial charge is 1.00 e. The summed E-state index contributed by atoms with van der Waals surface area (Å²) < 4.78 is 23.5. The molecule has 0 aromatic carbocycles. The summed E-state index contributed by atoms with van der Waals surface area (Å²) in [6.45, 7) is 0. The van der Waals surface area contributed by atoms with Gasteiger partial charge in [-0.25, -0.2) is 9.97 Å². The van der Waals surface area contributed by atoms with Gasteiger partial charge in [-0.2, -0.15) is 0 Å². The van der Waals surface area contributed by atoms with Gasteiger partial charge in [0.15, 0.2) is 5.72 Å². The Morgan fingerprint density at radius 1 is 1.25 bits per heavy atom. The Bertz CT molecular complexity index is 222. The molecular weight excluding hydrogens is 218 g/mol. The summed E-state index contributed by atoms with van der Waals surface area (Å²) in [6.07, 6.45) is 2.27. The van der Waals surface area contributed by atoms with Crippen LogP contribution < -0.4 is 61.8 Å². The molecule has 0 aliphatic carbocycles. The molecule has 60 valence electrons. The number of hydrogen-bond acceptors (Lipinski definition) is 2. The molecule has 0 amide bonds. The average Bonchev–Trinajstić information content (AvgIpc) is 1.88. The van der Waals surface area contributed by atoms with E-state index in [1.165, 1.54) is 0 Å². The SMILES string of the molecule is FB(F)c1ncc(Cl)cn1.[F-].[K+]. The predicted octanol–water partition coefficient (Wildman–Crippen LogP) is -5.23. The molecular formula is C4H2BClF3KN2. The van der Waals surface area contributed by atoms with Gasteiger partial charge in [-0.05, 0) is 0 Å². The normalized spacial score (nSPS) is 7.92. The predicted molar refractivity (Wildman–Crippen MR) is 34.6 cm³/mol. The maximum absolute atomic E-state index is 11.7. The molecule has 0 aliphatic heterocycles. The second kappa shape index (κ2) is 7.28. The minimum absolute atomic E-state index is 0. The first-order valence-electron chi connectivity index (χ1n) is 2.46. The molecule has 0 saturated carbocycles. The van der Waals surface area contributed by atoms with Crippen molar-refractivity contribution in [3.8, 4) is 0 Å². The van der Waals surface area contributed by atoms with Gasteiger partial charge < -0.3 is 4.70 Å². The molecule has 1 rings (SSSR count). The van der Waals surface area contributed by atoms with Gasteiger partial charge in [-0.15, -0.1) is 0 Å². The zero-order chi connectivity index (χ0) is 7.56. The second-order valence-electron chi connectivity index (χ2n) is 1.56. The molecule has 0 radical (unpaired) electrons. The van der Waals surface area contributed by atoms with Gasteiger partial charge in [0.2, 0.25) is 0 Å². The third-order valence-electron chi connectivity index (χ3n) is 0.835. The van der Waals surface area contributed by atoms with E-state index in [1.54, 1.807) is 0 Å². The van der Waals surface area contributed by atoms with Crippen molar-refractivity contribution in [1.82, 2.24) is 9.97 Å². The first kappa shape index (κ1) is 15.3. The summed E-state index contributed by atoms with van der Waals surface area (Å²) in [5.41, 5.74) is -0.496. The summed E-state index contributed by atoms with van der Waals surface area (Å²) >= 11 is 5.35. The summed E-state index contributed by atoms with van der Waals surface area (Å²) in [5.74, 6) is 0. The van der Waals surface area contributed by atoms with E-state index in [1.807, 2.05) is 0 Å². The number of hydrogen-bond donors (Lipinski definition) is 0. The molecule has 12 heavy (non-hydrogen) atoms. The Morgan fingerprint density at radius 2 is 1.67 bits per heavy atom. The van der Waals surface area contributed by atoms with Gasteiger partial charge in [-0.3, -0.25) is 8.63 Å². The van der Waals surface area contributed by atoms with Crippen LogP contribution in [-0.4, -0.2) is 17.2 Å². The van der Waals surface area contributed by atoms with E-state index >= 15 is 0 Å². The summed E-state index contributed by atoms with van der Waals surface area (Å²) in [4.78, 5) is 6.57. The van der Waals surface area contributed by atoms with Crippen LogP contribution in [0.5, 0.6) is 0 Å². The van der Waals surface area contributed by atoms with Crippen molar-refractivity contribution in [3.05, 3.63) is 17.4 Å². The Balaban J connectivity index is 0. The zero-order valence-electron chi connectivity index (χ0n) is 6.14. The van der Waals surface area contributed by atoms with Gasteiger partial charge in [0.25, 0.3) is 0 Å². The van der Waals surface area contributed by atoms with Gasteiger partial charge in [0, 0.05) is 12.4 Å².